The largest absolute Gasteiger partial charge is 0.423 e. The lowest BCUT2D eigenvalue weighted by Gasteiger charge is -2.31. The molecule has 1 saturated heterocycles. The molecule has 156 valence electrons. The van der Waals surface area contributed by atoms with E-state index < -0.39 is 21.6 Å². The summed E-state index contributed by atoms with van der Waals surface area (Å²) < 4.78 is 32.6. The topological polar surface area (TPSA) is 110 Å². The Labute approximate surface area is 177 Å². The molecule has 4 rings (SSSR count). The van der Waals surface area contributed by atoms with Crippen LogP contribution in [0.1, 0.15) is 12.8 Å². The van der Waals surface area contributed by atoms with Crippen molar-refractivity contribution in [2.24, 2.45) is 5.92 Å². The van der Waals surface area contributed by atoms with Gasteiger partial charge in [-0.25, -0.2) is 18.2 Å². The van der Waals surface area contributed by atoms with Crippen LogP contribution in [0, 0.1) is 5.92 Å². The first kappa shape index (κ1) is 20.5. The SMILES string of the molecule is O=C(Nc1ccc(Cl)cn1)C1CCCN(S(=O)(=O)c2ccc3oc(=O)ccc3c2)C1. The fourth-order valence-corrected chi connectivity index (χ4v) is 5.08. The van der Waals surface area contributed by atoms with Gasteiger partial charge in [-0.1, -0.05) is 11.6 Å². The van der Waals surface area contributed by atoms with Gasteiger partial charge in [0.05, 0.1) is 15.8 Å². The van der Waals surface area contributed by atoms with Crippen LogP contribution in [0.4, 0.5) is 5.82 Å². The molecule has 2 aromatic heterocycles. The van der Waals surface area contributed by atoms with Crippen LogP contribution in [-0.2, 0) is 14.8 Å². The molecular formula is C20H18ClN3O5S. The Balaban J connectivity index is 1.53. The maximum absolute atomic E-state index is 13.1. The van der Waals surface area contributed by atoms with E-state index in [1.54, 1.807) is 12.1 Å². The first-order valence-electron chi connectivity index (χ1n) is 9.29. The van der Waals surface area contributed by atoms with Gasteiger partial charge in [0.1, 0.15) is 11.4 Å². The number of nitrogens with zero attached hydrogens (tertiary/aromatic N) is 2. The van der Waals surface area contributed by atoms with Crippen molar-refractivity contribution in [1.82, 2.24) is 9.29 Å². The number of aromatic nitrogens is 1. The van der Waals surface area contributed by atoms with Gasteiger partial charge in [0, 0.05) is 30.7 Å². The Hall–Kier alpha value is -2.75. The van der Waals surface area contributed by atoms with Crippen molar-refractivity contribution in [3.8, 4) is 0 Å². The normalized spacial score (nSPS) is 17.7. The molecule has 1 N–H and O–H groups in total. The quantitative estimate of drug-likeness (QED) is 0.616. The van der Waals surface area contributed by atoms with Gasteiger partial charge in [-0.05, 0) is 49.2 Å². The molecular weight excluding hydrogens is 430 g/mol. The molecule has 1 unspecified atom stereocenters. The van der Waals surface area contributed by atoms with Crippen LogP contribution in [0.3, 0.4) is 0 Å². The second-order valence-corrected chi connectivity index (χ2v) is 9.38. The molecule has 0 aliphatic carbocycles. The van der Waals surface area contributed by atoms with Crippen molar-refractivity contribution in [1.29, 1.82) is 0 Å². The average molecular weight is 448 g/mol. The fourth-order valence-electron chi connectivity index (χ4n) is 3.41. The summed E-state index contributed by atoms with van der Waals surface area (Å²) in [6.07, 6.45) is 2.57. The van der Waals surface area contributed by atoms with E-state index in [2.05, 4.69) is 10.3 Å². The molecule has 0 spiro atoms. The second-order valence-electron chi connectivity index (χ2n) is 7.01. The van der Waals surface area contributed by atoms with E-state index in [0.717, 1.165) is 0 Å². The van der Waals surface area contributed by atoms with E-state index in [-0.39, 0.29) is 17.3 Å². The number of hydrogen-bond donors (Lipinski definition) is 1. The number of rotatable bonds is 4. The molecule has 3 aromatic rings. The Morgan fingerprint density at radius 2 is 2.03 bits per heavy atom. The molecule has 1 fully saturated rings. The average Bonchev–Trinajstić information content (AvgIpc) is 2.75. The highest BCUT2D eigenvalue weighted by Gasteiger charge is 2.33. The maximum Gasteiger partial charge on any atom is 0.336 e. The molecule has 0 radical (unpaired) electrons. The summed E-state index contributed by atoms with van der Waals surface area (Å²) in [7, 11) is -3.81. The molecule has 8 nitrogen and oxygen atoms in total. The molecule has 1 amide bonds. The molecule has 1 aliphatic heterocycles. The Bertz CT molecular complexity index is 1260. The highest BCUT2D eigenvalue weighted by Crippen LogP contribution is 2.26. The van der Waals surface area contributed by atoms with Gasteiger partial charge in [-0.15, -0.1) is 0 Å². The van der Waals surface area contributed by atoms with Gasteiger partial charge in [-0.3, -0.25) is 4.79 Å². The minimum atomic E-state index is -3.81. The van der Waals surface area contributed by atoms with Crippen molar-refractivity contribution in [2.75, 3.05) is 18.4 Å². The Kier molecular flexibility index (Phi) is 5.59. The van der Waals surface area contributed by atoms with Crippen LogP contribution in [-0.4, -0.2) is 36.7 Å². The van der Waals surface area contributed by atoms with Gasteiger partial charge >= 0.3 is 5.63 Å². The fraction of sp³-hybridized carbons (Fsp3) is 0.250. The number of hydrogen-bond acceptors (Lipinski definition) is 6. The van der Waals surface area contributed by atoms with Gasteiger partial charge in [0.2, 0.25) is 15.9 Å². The Morgan fingerprint density at radius 1 is 1.20 bits per heavy atom. The van der Waals surface area contributed by atoms with Gasteiger partial charge in [-0.2, -0.15) is 4.31 Å². The van der Waals surface area contributed by atoms with Crippen LogP contribution in [0.15, 0.2) is 62.8 Å². The summed E-state index contributed by atoms with van der Waals surface area (Å²) in [5, 5.41) is 3.67. The van der Waals surface area contributed by atoms with Crippen LogP contribution in [0.5, 0.6) is 0 Å². The van der Waals surface area contributed by atoms with E-state index in [1.807, 2.05) is 0 Å². The highest BCUT2D eigenvalue weighted by molar-refractivity contribution is 7.89. The number of carbonyl (C=O) groups excluding carboxylic acids is 1. The number of fused-ring (bicyclic) bond motifs is 1. The highest BCUT2D eigenvalue weighted by atomic mass is 35.5. The smallest absolute Gasteiger partial charge is 0.336 e. The predicted octanol–water partition coefficient (Wildman–Crippen LogP) is 2.88. The van der Waals surface area contributed by atoms with E-state index >= 15 is 0 Å². The van der Waals surface area contributed by atoms with Gasteiger partial charge in [0.15, 0.2) is 0 Å². The summed E-state index contributed by atoms with van der Waals surface area (Å²) in [4.78, 5) is 28.1. The third-order valence-electron chi connectivity index (χ3n) is 4.96. The van der Waals surface area contributed by atoms with Crippen molar-refractivity contribution in [3.05, 3.63) is 64.1 Å². The number of halogens is 1. The van der Waals surface area contributed by atoms with E-state index in [1.165, 1.54) is 40.8 Å². The lowest BCUT2D eigenvalue weighted by molar-refractivity contribution is -0.120. The number of benzene rings is 1. The zero-order valence-corrected chi connectivity index (χ0v) is 17.3. The van der Waals surface area contributed by atoms with Gasteiger partial charge < -0.3 is 9.73 Å². The minimum Gasteiger partial charge on any atom is -0.423 e. The number of nitrogens with one attached hydrogen (secondary N) is 1. The number of pyridine rings is 1. The molecule has 0 saturated carbocycles. The third-order valence-corrected chi connectivity index (χ3v) is 7.05. The van der Waals surface area contributed by atoms with E-state index in [4.69, 9.17) is 16.0 Å². The number of carbonyl (C=O) groups is 1. The molecule has 1 aliphatic rings. The van der Waals surface area contributed by atoms with Crippen LogP contribution in [0.2, 0.25) is 5.02 Å². The third kappa shape index (κ3) is 4.23. The monoisotopic (exact) mass is 447 g/mol. The lowest BCUT2D eigenvalue weighted by Crippen LogP contribution is -2.43. The van der Waals surface area contributed by atoms with Crippen LogP contribution >= 0.6 is 11.6 Å². The van der Waals surface area contributed by atoms with Crippen LogP contribution in [0.25, 0.3) is 11.0 Å². The Morgan fingerprint density at radius 3 is 2.80 bits per heavy atom. The molecule has 0 bridgehead atoms. The number of amides is 1. The minimum absolute atomic E-state index is 0.0731. The number of piperidine rings is 1. The first-order valence-corrected chi connectivity index (χ1v) is 11.1. The van der Waals surface area contributed by atoms with Gasteiger partial charge in [0.25, 0.3) is 0 Å². The van der Waals surface area contributed by atoms with Crippen molar-refractivity contribution in [3.63, 3.8) is 0 Å². The molecule has 1 aromatic carbocycles. The number of sulfonamides is 1. The number of anilines is 1. The summed E-state index contributed by atoms with van der Waals surface area (Å²) in [6, 6.07) is 10.3. The van der Waals surface area contributed by atoms with E-state index in [0.29, 0.717) is 41.2 Å². The molecule has 1 atom stereocenters. The zero-order chi connectivity index (χ0) is 21.3. The molecule has 3 heterocycles. The van der Waals surface area contributed by atoms with Crippen molar-refractivity contribution < 1.29 is 17.6 Å². The second kappa shape index (κ2) is 8.17. The van der Waals surface area contributed by atoms with Crippen molar-refractivity contribution >= 4 is 44.3 Å². The summed E-state index contributed by atoms with van der Waals surface area (Å²) in [6.45, 7) is 0.400. The lowest BCUT2D eigenvalue weighted by atomic mass is 9.99. The first-order chi connectivity index (χ1) is 14.3. The predicted molar refractivity (Wildman–Crippen MR) is 112 cm³/mol. The summed E-state index contributed by atoms with van der Waals surface area (Å²) in [5.41, 5.74) is -0.189. The molecule has 30 heavy (non-hydrogen) atoms. The van der Waals surface area contributed by atoms with Crippen molar-refractivity contribution in [2.45, 2.75) is 17.7 Å². The zero-order valence-electron chi connectivity index (χ0n) is 15.7. The summed E-state index contributed by atoms with van der Waals surface area (Å²) in [5.74, 6) is -0.421. The van der Waals surface area contributed by atoms with Crippen LogP contribution < -0.4 is 10.9 Å². The maximum atomic E-state index is 13.1. The summed E-state index contributed by atoms with van der Waals surface area (Å²) >= 11 is 5.80. The molecule has 10 heteroatoms. The standard InChI is InChI=1S/C20H18ClN3O5S/c21-15-4-7-18(22-11-15)23-20(26)14-2-1-9-24(12-14)30(27,28)16-5-6-17-13(10-16)3-8-19(25)29-17/h3-8,10-11,14H,1-2,9,12H2,(H,22,23,26). The van der Waals surface area contributed by atoms with E-state index in [9.17, 15) is 18.0 Å².